The topological polar surface area (TPSA) is 117 Å². The average Bonchev–Trinajstić information content (AvgIpc) is 2.80. The largest absolute Gasteiger partial charge is 0.434 e. The second kappa shape index (κ2) is 8.03. The number of rotatable bonds is 9. The number of nitrogens with zero attached hydrogens (tertiary/aromatic N) is 4. The normalized spacial score (nSPS) is 15.7. The van der Waals surface area contributed by atoms with Gasteiger partial charge in [0.1, 0.15) is 18.0 Å². The van der Waals surface area contributed by atoms with Crippen molar-refractivity contribution in [3.05, 3.63) is 22.0 Å². The third kappa shape index (κ3) is 4.50. The molecular formula is C11H21ClN5O4P. The van der Waals surface area contributed by atoms with Gasteiger partial charge in [0, 0.05) is 19.0 Å². The first-order valence-corrected chi connectivity index (χ1v) is 8.97. The molecule has 0 aliphatic rings. The molecule has 2 unspecified atom stereocenters. The minimum atomic E-state index is -3.55. The highest BCUT2D eigenvalue weighted by atomic mass is 35.5. The molecule has 1 aromatic rings. The summed E-state index contributed by atoms with van der Waals surface area (Å²) in [5.41, 5.74) is 6.24. The van der Waals surface area contributed by atoms with Crippen molar-refractivity contribution in [1.29, 1.82) is 0 Å². The van der Waals surface area contributed by atoms with E-state index in [2.05, 4.69) is 4.98 Å². The lowest BCUT2D eigenvalue weighted by molar-refractivity contribution is -0.396. The SMILES string of the molecule is CCCN(CCCl)P(N)(=O)OC(C)c1cnc([N+](=O)[O-])n1C. The van der Waals surface area contributed by atoms with Gasteiger partial charge in [-0.15, -0.1) is 11.6 Å². The highest BCUT2D eigenvalue weighted by Crippen LogP contribution is 2.47. The molecule has 0 spiro atoms. The highest BCUT2D eigenvalue weighted by molar-refractivity contribution is 7.53. The van der Waals surface area contributed by atoms with E-state index in [1.54, 1.807) is 6.92 Å². The molecule has 11 heteroatoms. The van der Waals surface area contributed by atoms with Gasteiger partial charge in [-0.05, 0) is 18.3 Å². The monoisotopic (exact) mass is 353 g/mol. The third-order valence-corrected chi connectivity index (χ3v) is 5.08. The summed E-state index contributed by atoms with van der Waals surface area (Å²) in [5.74, 6) is -0.0423. The Kier molecular flexibility index (Phi) is 6.96. The second-order valence-electron chi connectivity index (χ2n) is 4.75. The van der Waals surface area contributed by atoms with Crippen LogP contribution in [0.25, 0.3) is 0 Å². The molecule has 1 rings (SSSR count). The zero-order chi connectivity index (χ0) is 16.9. The number of halogens is 1. The lowest BCUT2D eigenvalue weighted by Crippen LogP contribution is -2.29. The van der Waals surface area contributed by atoms with Crippen molar-refractivity contribution in [3.8, 4) is 0 Å². The van der Waals surface area contributed by atoms with Crippen LogP contribution in [0.2, 0.25) is 0 Å². The molecule has 0 aliphatic heterocycles. The van der Waals surface area contributed by atoms with E-state index in [0.29, 0.717) is 18.8 Å². The van der Waals surface area contributed by atoms with Crippen molar-refractivity contribution in [2.24, 2.45) is 12.6 Å². The fourth-order valence-corrected chi connectivity index (χ4v) is 3.93. The molecule has 9 nitrogen and oxygen atoms in total. The zero-order valence-corrected chi connectivity index (χ0v) is 14.5. The van der Waals surface area contributed by atoms with Gasteiger partial charge >= 0.3 is 13.6 Å². The number of hydrogen-bond donors (Lipinski definition) is 1. The highest BCUT2D eigenvalue weighted by Gasteiger charge is 2.32. The summed E-state index contributed by atoms with van der Waals surface area (Å²) < 4.78 is 20.8. The van der Waals surface area contributed by atoms with E-state index in [0.717, 1.165) is 6.42 Å². The predicted octanol–water partition coefficient (Wildman–Crippen LogP) is 2.42. The summed E-state index contributed by atoms with van der Waals surface area (Å²) in [4.78, 5) is 13.9. The number of alkyl halides is 1. The van der Waals surface area contributed by atoms with Crippen LogP contribution in [0.15, 0.2) is 6.20 Å². The Bertz CT molecular complexity index is 561. The molecule has 1 aromatic heterocycles. The van der Waals surface area contributed by atoms with Crippen molar-refractivity contribution < 1.29 is 14.0 Å². The van der Waals surface area contributed by atoms with Crippen LogP contribution in [0, 0.1) is 10.1 Å². The van der Waals surface area contributed by atoms with Crippen LogP contribution in [0.3, 0.4) is 0 Å². The first kappa shape index (κ1) is 19.1. The minimum Gasteiger partial charge on any atom is -0.390 e. The summed E-state index contributed by atoms with van der Waals surface area (Å²) in [6.45, 7) is 4.36. The summed E-state index contributed by atoms with van der Waals surface area (Å²) in [6, 6.07) is 0. The number of nitrogens with two attached hydrogens (primary N) is 1. The van der Waals surface area contributed by atoms with Gasteiger partial charge in [0.2, 0.25) is 0 Å². The van der Waals surface area contributed by atoms with Crippen LogP contribution in [-0.4, -0.2) is 38.1 Å². The quantitative estimate of drug-likeness (QED) is 0.313. The van der Waals surface area contributed by atoms with E-state index in [9.17, 15) is 14.7 Å². The lowest BCUT2D eigenvalue weighted by atomic mass is 10.3. The molecule has 0 aliphatic carbocycles. The molecule has 2 atom stereocenters. The van der Waals surface area contributed by atoms with Gasteiger partial charge < -0.3 is 10.1 Å². The molecule has 0 bridgehead atoms. The first-order chi connectivity index (χ1) is 10.2. The van der Waals surface area contributed by atoms with Crippen LogP contribution in [-0.2, 0) is 16.1 Å². The molecule has 0 saturated carbocycles. The predicted molar refractivity (Wildman–Crippen MR) is 83.7 cm³/mol. The van der Waals surface area contributed by atoms with Crippen molar-refractivity contribution in [2.45, 2.75) is 26.4 Å². The third-order valence-electron chi connectivity index (χ3n) is 3.11. The van der Waals surface area contributed by atoms with Crippen LogP contribution in [0.5, 0.6) is 0 Å². The molecule has 0 aromatic carbocycles. The van der Waals surface area contributed by atoms with Crippen LogP contribution in [0.1, 0.15) is 32.1 Å². The van der Waals surface area contributed by atoms with Crippen molar-refractivity contribution in [2.75, 3.05) is 19.0 Å². The van der Waals surface area contributed by atoms with Gasteiger partial charge in [-0.2, -0.15) is 0 Å². The molecule has 0 saturated heterocycles. The molecule has 0 fully saturated rings. The number of nitro groups is 1. The Hall–Kier alpha value is -0.990. The maximum absolute atomic E-state index is 12.6. The molecular weight excluding hydrogens is 333 g/mol. The van der Waals surface area contributed by atoms with Gasteiger partial charge in [0.05, 0.1) is 7.05 Å². The Balaban J connectivity index is 2.92. The summed E-state index contributed by atoms with van der Waals surface area (Å²) >= 11 is 5.69. The maximum atomic E-state index is 12.6. The fourth-order valence-electron chi connectivity index (χ4n) is 2.05. The zero-order valence-electron chi connectivity index (χ0n) is 12.8. The van der Waals surface area contributed by atoms with Gasteiger partial charge in [0.15, 0.2) is 0 Å². The summed E-state index contributed by atoms with van der Waals surface area (Å²) in [5, 5.41) is 10.8. The van der Waals surface area contributed by atoms with Gasteiger partial charge in [-0.3, -0.25) is 9.09 Å². The molecule has 22 heavy (non-hydrogen) atoms. The molecule has 0 radical (unpaired) electrons. The summed E-state index contributed by atoms with van der Waals surface area (Å²) in [7, 11) is -2.06. The molecule has 2 N–H and O–H groups in total. The van der Waals surface area contributed by atoms with E-state index < -0.39 is 18.7 Å². The Morgan fingerprint density at radius 2 is 2.27 bits per heavy atom. The van der Waals surface area contributed by atoms with E-state index in [4.69, 9.17) is 21.6 Å². The van der Waals surface area contributed by atoms with E-state index in [-0.39, 0.29) is 11.8 Å². The summed E-state index contributed by atoms with van der Waals surface area (Å²) in [6.07, 6.45) is 1.35. The van der Waals surface area contributed by atoms with Crippen molar-refractivity contribution in [3.63, 3.8) is 0 Å². The van der Waals surface area contributed by atoms with Gasteiger partial charge in [-0.1, -0.05) is 11.9 Å². The fraction of sp³-hybridized carbons (Fsp3) is 0.727. The van der Waals surface area contributed by atoms with E-state index in [1.807, 2.05) is 6.92 Å². The lowest BCUT2D eigenvalue weighted by Gasteiger charge is -2.28. The van der Waals surface area contributed by atoms with Crippen molar-refractivity contribution in [1.82, 2.24) is 14.2 Å². The number of aromatic nitrogens is 2. The van der Waals surface area contributed by atoms with Crippen molar-refractivity contribution >= 4 is 25.2 Å². The Morgan fingerprint density at radius 1 is 1.64 bits per heavy atom. The smallest absolute Gasteiger partial charge is 0.390 e. The van der Waals surface area contributed by atoms with E-state index >= 15 is 0 Å². The number of hydrogen-bond acceptors (Lipinski definition) is 5. The molecule has 0 amide bonds. The molecule has 126 valence electrons. The van der Waals surface area contributed by atoms with Crippen LogP contribution < -0.4 is 5.50 Å². The van der Waals surface area contributed by atoms with Crippen LogP contribution in [0.4, 0.5) is 5.95 Å². The van der Waals surface area contributed by atoms with E-state index in [1.165, 1.54) is 22.5 Å². The van der Waals surface area contributed by atoms with Gasteiger partial charge in [-0.25, -0.2) is 14.7 Å². The minimum absolute atomic E-state index is 0.274. The Labute approximate surface area is 134 Å². The number of imidazole rings is 1. The Morgan fingerprint density at radius 3 is 2.73 bits per heavy atom. The first-order valence-electron chi connectivity index (χ1n) is 6.79. The second-order valence-corrected chi connectivity index (χ2v) is 7.04. The maximum Gasteiger partial charge on any atom is 0.434 e. The standard InChI is InChI=1S/C11H21ClN5O4P/c1-4-6-16(7-5-12)22(13,20)21-9(2)10-8-14-11(15(10)3)17(18)19/h8-9H,4-7H2,1-3H3,(H2,13,20). The average molecular weight is 354 g/mol. The van der Waals surface area contributed by atoms with Crippen LogP contribution >= 0.6 is 19.3 Å². The molecule has 1 heterocycles. The van der Waals surface area contributed by atoms with Gasteiger partial charge in [0.25, 0.3) is 0 Å².